The van der Waals surface area contributed by atoms with Crippen LogP contribution in [0.5, 0.6) is 0 Å². The third kappa shape index (κ3) is 2.67. The second-order valence-electron chi connectivity index (χ2n) is 5.58. The van der Waals surface area contributed by atoms with Gasteiger partial charge in [0.1, 0.15) is 17.6 Å². The monoisotopic (exact) mass is 383 g/mol. The van der Waals surface area contributed by atoms with E-state index in [0.29, 0.717) is 9.79 Å². The fourth-order valence-electron chi connectivity index (χ4n) is 2.84. The van der Waals surface area contributed by atoms with Crippen molar-refractivity contribution in [3.63, 3.8) is 0 Å². The number of aromatic nitrogens is 3. The molecule has 0 atom stereocenters. The highest BCUT2D eigenvalue weighted by Gasteiger charge is 2.21. The summed E-state index contributed by atoms with van der Waals surface area (Å²) in [6, 6.07) is 19.5. The highest BCUT2D eigenvalue weighted by atomic mass is 35.5. The summed E-state index contributed by atoms with van der Waals surface area (Å²) in [5.74, 6) is 0. The largest absolute Gasteiger partial charge is 0.336 e. The van der Waals surface area contributed by atoms with E-state index in [2.05, 4.69) is 0 Å². The molecule has 0 saturated heterocycles. The highest BCUT2D eigenvalue weighted by molar-refractivity contribution is 7.71. The van der Waals surface area contributed by atoms with Crippen LogP contribution < -0.4 is 4.57 Å². The molecular weight excluding hydrogens is 372 g/mol. The van der Waals surface area contributed by atoms with E-state index in [4.69, 9.17) is 23.8 Å². The fraction of sp³-hybridized carbons (Fsp3) is 0. The molecule has 8 heteroatoms. The van der Waals surface area contributed by atoms with Crippen molar-refractivity contribution in [2.24, 2.45) is 0 Å². The van der Waals surface area contributed by atoms with Crippen LogP contribution in [-0.4, -0.2) is 14.1 Å². The minimum Gasteiger partial charge on any atom is -0.258 e. The molecule has 2 aromatic carbocycles. The zero-order valence-electron chi connectivity index (χ0n) is 13.3. The van der Waals surface area contributed by atoms with Gasteiger partial charge in [0.05, 0.1) is 4.92 Å². The molecule has 0 spiro atoms. The Labute approximate surface area is 158 Å². The lowest BCUT2D eigenvalue weighted by Crippen LogP contribution is -2.31. The van der Waals surface area contributed by atoms with Crippen LogP contribution in [0, 0.1) is 14.9 Å². The minimum atomic E-state index is -0.422. The molecule has 0 amide bonds. The average molecular weight is 384 g/mol. The summed E-state index contributed by atoms with van der Waals surface area (Å²) in [5.41, 5.74) is 2.48. The van der Waals surface area contributed by atoms with Gasteiger partial charge in [-0.2, -0.15) is 4.57 Å². The standard InChI is InChI=1S/C18H12ClN4O2S/c19-13-4-6-15(7-5-13)22-18(26)21(17-3-1-2-12-20(17)22)14-8-10-16(11-9-14)23(24)25/h1-12H/q+1. The number of benzene rings is 2. The van der Waals surface area contributed by atoms with E-state index in [1.54, 1.807) is 24.3 Å². The van der Waals surface area contributed by atoms with E-state index in [9.17, 15) is 10.1 Å². The summed E-state index contributed by atoms with van der Waals surface area (Å²) >= 11 is 11.7. The van der Waals surface area contributed by atoms with Crippen molar-refractivity contribution >= 4 is 35.2 Å². The van der Waals surface area contributed by atoms with E-state index in [1.807, 2.05) is 50.3 Å². The summed E-state index contributed by atoms with van der Waals surface area (Å²) in [6.07, 6.45) is 1.90. The first kappa shape index (κ1) is 16.4. The molecule has 0 saturated carbocycles. The van der Waals surface area contributed by atoms with Crippen LogP contribution in [0.1, 0.15) is 0 Å². The van der Waals surface area contributed by atoms with Crippen molar-refractivity contribution in [3.05, 3.63) is 92.8 Å². The van der Waals surface area contributed by atoms with Gasteiger partial charge in [-0.25, -0.2) is 0 Å². The summed E-state index contributed by atoms with van der Waals surface area (Å²) < 4.78 is 6.20. The average Bonchev–Trinajstić information content (AvgIpc) is 2.94. The number of non-ortho nitro benzene ring substituents is 1. The molecule has 2 heterocycles. The number of halogens is 1. The number of nitrogens with zero attached hydrogens (tertiary/aromatic N) is 4. The first-order valence-electron chi connectivity index (χ1n) is 7.71. The third-order valence-electron chi connectivity index (χ3n) is 4.03. The van der Waals surface area contributed by atoms with Gasteiger partial charge < -0.3 is 0 Å². The Morgan fingerprint density at radius 3 is 2.35 bits per heavy atom. The maximum Gasteiger partial charge on any atom is 0.336 e. The maximum atomic E-state index is 10.9. The molecule has 0 radical (unpaired) electrons. The molecule has 26 heavy (non-hydrogen) atoms. The molecule has 0 aliphatic rings. The Morgan fingerprint density at radius 1 is 1.00 bits per heavy atom. The number of rotatable bonds is 3. The second kappa shape index (κ2) is 6.36. The van der Waals surface area contributed by atoms with Gasteiger partial charge in [-0.15, -0.1) is 4.52 Å². The zero-order chi connectivity index (χ0) is 18.3. The van der Waals surface area contributed by atoms with Gasteiger partial charge in [0, 0.05) is 23.2 Å². The Morgan fingerprint density at radius 2 is 1.69 bits per heavy atom. The van der Waals surface area contributed by atoms with E-state index in [-0.39, 0.29) is 5.69 Å². The number of pyridine rings is 1. The van der Waals surface area contributed by atoms with Crippen LogP contribution in [0.4, 0.5) is 5.69 Å². The molecule has 2 aromatic heterocycles. The second-order valence-corrected chi connectivity index (χ2v) is 6.38. The topological polar surface area (TPSA) is 56.4 Å². The van der Waals surface area contributed by atoms with E-state index >= 15 is 0 Å². The Bertz CT molecular complexity index is 1180. The Balaban J connectivity index is 1.99. The number of hydrogen-bond donors (Lipinski definition) is 0. The van der Waals surface area contributed by atoms with Crippen LogP contribution in [0.3, 0.4) is 0 Å². The van der Waals surface area contributed by atoms with Gasteiger partial charge in [0.15, 0.2) is 0 Å². The number of hydrogen-bond acceptors (Lipinski definition) is 3. The normalized spacial score (nSPS) is 11.0. The van der Waals surface area contributed by atoms with Crippen LogP contribution in [0.2, 0.25) is 5.02 Å². The molecule has 0 N–H and O–H groups in total. The van der Waals surface area contributed by atoms with Crippen molar-refractivity contribution in [2.45, 2.75) is 0 Å². The summed E-state index contributed by atoms with van der Waals surface area (Å²) in [7, 11) is 0. The first-order valence-corrected chi connectivity index (χ1v) is 8.50. The lowest BCUT2D eigenvalue weighted by atomic mass is 10.3. The smallest absolute Gasteiger partial charge is 0.258 e. The van der Waals surface area contributed by atoms with E-state index < -0.39 is 4.92 Å². The van der Waals surface area contributed by atoms with Crippen LogP contribution in [0.15, 0.2) is 72.9 Å². The minimum absolute atomic E-state index is 0.0364. The SMILES string of the molecule is O=[N+]([O-])c1ccc(-[n+]2c(=S)n(-c3ccc(Cl)cc3)n3ccccc32)cc1. The molecule has 0 aliphatic carbocycles. The Hall–Kier alpha value is -3.03. The molecule has 0 fully saturated rings. The summed E-state index contributed by atoms with van der Waals surface area (Å²) in [4.78, 5) is 10.5. The molecule has 4 rings (SSSR count). The molecular formula is C18H12ClN4O2S+. The van der Waals surface area contributed by atoms with Gasteiger partial charge in [-0.3, -0.25) is 10.1 Å². The summed E-state index contributed by atoms with van der Waals surface area (Å²) in [5, 5.41) is 11.5. The molecule has 0 aliphatic heterocycles. The lowest BCUT2D eigenvalue weighted by Gasteiger charge is -1.97. The van der Waals surface area contributed by atoms with Crippen LogP contribution in [0.25, 0.3) is 17.0 Å². The number of nitro benzene ring substituents is 1. The predicted molar refractivity (Wildman–Crippen MR) is 101 cm³/mol. The van der Waals surface area contributed by atoms with E-state index in [1.165, 1.54) is 12.1 Å². The number of nitro groups is 1. The van der Waals surface area contributed by atoms with Gasteiger partial charge in [0.2, 0.25) is 0 Å². The number of fused-ring (bicyclic) bond motifs is 1. The van der Waals surface area contributed by atoms with Crippen molar-refractivity contribution in [2.75, 3.05) is 0 Å². The quantitative estimate of drug-likeness (QED) is 0.229. The molecule has 6 nitrogen and oxygen atoms in total. The molecule has 4 aromatic rings. The van der Waals surface area contributed by atoms with Gasteiger partial charge in [0.25, 0.3) is 11.3 Å². The van der Waals surface area contributed by atoms with Crippen LogP contribution in [-0.2, 0) is 0 Å². The van der Waals surface area contributed by atoms with Crippen molar-refractivity contribution in [3.8, 4) is 11.4 Å². The van der Waals surface area contributed by atoms with Crippen molar-refractivity contribution < 1.29 is 9.49 Å². The van der Waals surface area contributed by atoms with Crippen molar-refractivity contribution in [1.29, 1.82) is 0 Å². The molecule has 0 bridgehead atoms. The lowest BCUT2D eigenvalue weighted by molar-refractivity contribution is -0.576. The predicted octanol–water partition coefficient (Wildman–Crippen LogP) is 4.30. The highest BCUT2D eigenvalue weighted by Crippen LogP contribution is 2.17. The molecule has 128 valence electrons. The first-order chi connectivity index (χ1) is 12.6. The molecule has 0 unspecified atom stereocenters. The van der Waals surface area contributed by atoms with E-state index in [0.717, 1.165) is 17.0 Å². The van der Waals surface area contributed by atoms with Crippen molar-refractivity contribution in [1.82, 2.24) is 9.20 Å². The fourth-order valence-corrected chi connectivity index (χ4v) is 3.36. The zero-order valence-corrected chi connectivity index (χ0v) is 14.9. The summed E-state index contributed by atoms with van der Waals surface area (Å²) in [6.45, 7) is 0. The van der Waals surface area contributed by atoms with Gasteiger partial charge >= 0.3 is 4.77 Å². The third-order valence-corrected chi connectivity index (χ3v) is 4.63. The Kier molecular flexibility index (Phi) is 4.02. The van der Waals surface area contributed by atoms with Gasteiger partial charge in [-0.05, 0) is 54.7 Å². The van der Waals surface area contributed by atoms with Gasteiger partial charge in [-0.1, -0.05) is 22.3 Å². The maximum absolute atomic E-state index is 10.9. The van der Waals surface area contributed by atoms with Crippen LogP contribution >= 0.6 is 23.8 Å².